The van der Waals surface area contributed by atoms with Crippen LogP contribution >= 0.6 is 0 Å². The van der Waals surface area contributed by atoms with E-state index in [2.05, 4.69) is 17.2 Å². The highest BCUT2D eigenvalue weighted by atomic mass is 19.1. The molecule has 0 amide bonds. The molecule has 0 saturated heterocycles. The Balaban J connectivity index is 3.00. The summed E-state index contributed by atoms with van der Waals surface area (Å²) in [6.45, 7) is 6.18. The first-order valence-corrected chi connectivity index (χ1v) is 6.69. The highest BCUT2D eigenvalue weighted by Crippen LogP contribution is 2.26. The average Bonchev–Trinajstić information content (AvgIpc) is 2.40. The monoisotopic (exact) mass is 265 g/mol. The van der Waals surface area contributed by atoms with Crippen molar-refractivity contribution in [2.24, 2.45) is 0 Å². The standard InChI is InChI=1S/C16H21F2N/c1-4-6-7-8-14(19-11-5-2)15-13(17)10-9-12(3)16(15)18/h9-10,14,19H,5,7-8,11H2,1-3H3. The molecule has 104 valence electrons. The molecule has 0 fully saturated rings. The lowest BCUT2D eigenvalue weighted by Crippen LogP contribution is -2.24. The highest BCUT2D eigenvalue weighted by molar-refractivity contribution is 5.29. The summed E-state index contributed by atoms with van der Waals surface area (Å²) in [4.78, 5) is 0. The predicted octanol–water partition coefficient (Wildman–Crippen LogP) is 4.12. The van der Waals surface area contributed by atoms with E-state index in [1.165, 1.54) is 12.1 Å². The minimum Gasteiger partial charge on any atom is -0.310 e. The van der Waals surface area contributed by atoms with Crippen molar-refractivity contribution in [1.82, 2.24) is 5.32 Å². The van der Waals surface area contributed by atoms with Gasteiger partial charge in [-0.1, -0.05) is 13.0 Å². The Morgan fingerprint density at radius 2 is 2.05 bits per heavy atom. The van der Waals surface area contributed by atoms with E-state index in [0.717, 1.165) is 13.0 Å². The minimum atomic E-state index is -0.485. The fourth-order valence-corrected chi connectivity index (χ4v) is 2.01. The van der Waals surface area contributed by atoms with E-state index in [0.29, 0.717) is 18.4 Å². The Morgan fingerprint density at radius 1 is 1.32 bits per heavy atom. The summed E-state index contributed by atoms with van der Waals surface area (Å²) >= 11 is 0. The molecule has 0 spiro atoms. The van der Waals surface area contributed by atoms with Gasteiger partial charge in [-0.15, -0.1) is 11.8 Å². The lowest BCUT2D eigenvalue weighted by atomic mass is 9.98. The van der Waals surface area contributed by atoms with Gasteiger partial charge in [-0.25, -0.2) is 8.78 Å². The van der Waals surface area contributed by atoms with Gasteiger partial charge in [-0.3, -0.25) is 0 Å². The van der Waals surface area contributed by atoms with Gasteiger partial charge >= 0.3 is 0 Å². The van der Waals surface area contributed by atoms with E-state index in [4.69, 9.17) is 0 Å². The van der Waals surface area contributed by atoms with E-state index in [1.54, 1.807) is 13.8 Å². The van der Waals surface area contributed by atoms with Crippen molar-refractivity contribution in [2.45, 2.75) is 46.1 Å². The maximum atomic E-state index is 14.1. The van der Waals surface area contributed by atoms with Crippen molar-refractivity contribution in [3.05, 3.63) is 34.9 Å². The van der Waals surface area contributed by atoms with Gasteiger partial charge in [0.1, 0.15) is 11.6 Å². The van der Waals surface area contributed by atoms with Gasteiger partial charge in [0.05, 0.1) is 0 Å². The molecule has 1 rings (SSSR count). The topological polar surface area (TPSA) is 12.0 Å². The summed E-state index contributed by atoms with van der Waals surface area (Å²) in [6, 6.07) is 2.48. The van der Waals surface area contributed by atoms with Crippen LogP contribution in [0.2, 0.25) is 0 Å². The molecule has 0 heterocycles. The fraction of sp³-hybridized carbons (Fsp3) is 0.500. The van der Waals surface area contributed by atoms with Crippen LogP contribution < -0.4 is 5.32 Å². The van der Waals surface area contributed by atoms with Gasteiger partial charge in [-0.05, 0) is 44.9 Å². The summed E-state index contributed by atoms with van der Waals surface area (Å²) in [7, 11) is 0. The van der Waals surface area contributed by atoms with E-state index in [9.17, 15) is 8.78 Å². The predicted molar refractivity (Wildman–Crippen MR) is 74.8 cm³/mol. The third kappa shape index (κ3) is 4.33. The number of aryl methyl sites for hydroxylation is 1. The molecule has 1 aromatic carbocycles. The largest absolute Gasteiger partial charge is 0.310 e. The van der Waals surface area contributed by atoms with E-state index in [-0.39, 0.29) is 11.6 Å². The molecule has 0 aromatic heterocycles. The van der Waals surface area contributed by atoms with Gasteiger partial charge in [0.15, 0.2) is 0 Å². The number of hydrogen-bond donors (Lipinski definition) is 1. The molecule has 0 aliphatic heterocycles. The molecule has 1 N–H and O–H groups in total. The Bertz CT molecular complexity index is 472. The first kappa shape index (κ1) is 15.7. The Labute approximate surface area is 114 Å². The van der Waals surface area contributed by atoms with Gasteiger partial charge in [0, 0.05) is 18.0 Å². The number of rotatable bonds is 6. The molecule has 19 heavy (non-hydrogen) atoms. The highest BCUT2D eigenvalue weighted by Gasteiger charge is 2.20. The van der Waals surface area contributed by atoms with Crippen molar-refractivity contribution < 1.29 is 8.78 Å². The summed E-state index contributed by atoms with van der Waals surface area (Å²) in [5.74, 6) is 4.82. The van der Waals surface area contributed by atoms with Crippen LogP contribution in [0.5, 0.6) is 0 Å². The quantitative estimate of drug-likeness (QED) is 0.763. The zero-order valence-electron chi connectivity index (χ0n) is 11.8. The maximum absolute atomic E-state index is 14.1. The van der Waals surface area contributed by atoms with Crippen molar-refractivity contribution in [3.8, 4) is 11.8 Å². The normalized spacial score (nSPS) is 11.8. The first-order chi connectivity index (χ1) is 9.11. The van der Waals surface area contributed by atoms with Gasteiger partial charge < -0.3 is 5.32 Å². The van der Waals surface area contributed by atoms with Crippen molar-refractivity contribution in [1.29, 1.82) is 0 Å². The molecular weight excluding hydrogens is 244 g/mol. The fourth-order valence-electron chi connectivity index (χ4n) is 2.01. The Kier molecular flexibility index (Phi) is 6.52. The van der Waals surface area contributed by atoms with Crippen molar-refractivity contribution in [3.63, 3.8) is 0 Å². The minimum absolute atomic E-state index is 0.145. The molecule has 0 aliphatic rings. The van der Waals surface area contributed by atoms with Gasteiger partial charge in [0.2, 0.25) is 0 Å². The van der Waals surface area contributed by atoms with Crippen LogP contribution in [-0.4, -0.2) is 6.54 Å². The van der Waals surface area contributed by atoms with Crippen LogP contribution in [-0.2, 0) is 0 Å². The number of halogens is 2. The summed E-state index contributed by atoms with van der Waals surface area (Å²) in [5.41, 5.74) is 0.618. The summed E-state index contributed by atoms with van der Waals surface area (Å²) in [5, 5.41) is 3.21. The molecule has 1 aromatic rings. The number of nitrogens with one attached hydrogen (secondary N) is 1. The lowest BCUT2D eigenvalue weighted by molar-refractivity contribution is 0.448. The van der Waals surface area contributed by atoms with Crippen LogP contribution in [0, 0.1) is 30.4 Å². The van der Waals surface area contributed by atoms with Crippen LogP contribution in [0.3, 0.4) is 0 Å². The zero-order valence-corrected chi connectivity index (χ0v) is 11.8. The van der Waals surface area contributed by atoms with E-state index in [1.807, 2.05) is 6.92 Å². The zero-order chi connectivity index (χ0) is 14.3. The molecule has 1 atom stereocenters. The van der Waals surface area contributed by atoms with Crippen LogP contribution in [0.4, 0.5) is 8.78 Å². The Hall–Kier alpha value is -1.40. The average molecular weight is 265 g/mol. The van der Waals surface area contributed by atoms with Crippen molar-refractivity contribution >= 4 is 0 Å². The molecule has 1 nitrogen and oxygen atoms in total. The SMILES string of the molecule is CC#CCCC(NCCC)c1c(F)ccc(C)c1F. The summed E-state index contributed by atoms with van der Waals surface area (Å²) < 4.78 is 28.0. The first-order valence-electron chi connectivity index (χ1n) is 6.69. The van der Waals surface area contributed by atoms with Gasteiger partial charge in [-0.2, -0.15) is 0 Å². The molecule has 0 saturated carbocycles. The maximum Gasteiger partial charge on any atom is 0.133 e. The summed E-state index contributed by atoms with van der Waals surface area (Å²) in [6.07, 6.45) is 2.16. The lowest BCUT2D eigenvalue weighted by Gasteiger charge is -2.20. The molecule has 0 radical (unpaired) electrons. The number of benzene rings is 1. The number of hydrogen-bond acceptors (Lipinski definition) is 1. The second kappa shape index (κ2) is 7.91. The smallest absolute Gasteiger partial charge is 0.133 e. The third-order valence-corrected chi connectivity index (χ3v) is 3.04. The van der Waals surface area contributed by atoms with E-state index >= 15 is 0 Å². The van der Waals surface area contributed by atoms with Crippen molar-refractivity contribution in [2.75, 3.05) is 6.54 Å². The molecular formula is C16H21F2N. The molecule has 1 unspecified atom stereocenters. The van der Waals surface area contributed by atoms with Crippen LogP contribution in [0.25, 0.3) is 0 Å². The third-order valence-electron chi connectivity index (χ3n) is 3.04. The molecule has 3 heteroatoms. The molecule has 0 aliphatic carbocycles. The Morgan fingerprint density at radius 3 is 2.68 bits per heavy atom. The second-order valence-corrected chi connectivity index (χ2v) is 4.56. The van der Waals surface area contributed by atoms with E-state index < -0.39 is 11.6 Å². The van der Waals surface area contributed by atoms with Crippen LogP contribution in [0.15, 0.2) is 12.1 Å². The second-order valence-electron chi connectivity index (χ2n) is 4.56. The van der Waals surface area contributed by atoms with Gasteiger partial charge in [0.25, 0.3) is 0 Å². The molecule has 0 bridgehead atoms. The van der Waals surface area contributed by atoms with Crippen LogP contribution in [0.1, 0.15) is 50.3 Å².